The van der Waals surface area contributed by atoms with Gasteiger partial charge in [0, 0.05) is 12.1 Å². The summed E-state index contributed by atoms with van der Waals surface area (Å²) >= 11 is 3.63. The molecule has 1 rings (SSSR count). The first kappa shape index (κ1) is 13.4. The normalized spacial score (nSPS) is 10.7. The van der Waals surface area contributed by atoms with E-state index in [9.17, 15) is 10.1 Å². The van der Waals surface area contributed by atoms with Crippen molar-refractivity contribution in [3.63, 3.8) is 0 Å². The fourth-order valence-electron chi connectivity index (χ4n) is 1.33. The molecule has 0 aliphatic carbocycles. The maximum absolute atomic E-state index is 10.7. The molecule has 16 heavy (non-hydrogen) atoms. The number of nitro benzene ring substituents is 1. The largest absolute Gasteiger partial charge is 0.269 e. The van der Waals surface area contributed by atoms with Crippen molar-refractivity contribution in [2.24, 2.45) is 0 Å². The van der Waals surface area contributed by atoms with E-state index in [1.165, 1.54) is 6.07 Å². The van der Waals surface area contributed by atoms with Gasteiger partial charge in [0.2, 0.25) is 0 Å². The van der Waals surface area contributed by atoms with Crippen LogP contribution in [0, 0.1) is 10.1 Å². The number of hydrogen-bond acceptors (Lipinski definition) is 4. The molecule has 0 saturated carbocycles. The number of benzene rings is 1. The molecular formula is C11H15NO2S2. The van der Waals surface area contributed by atoms with Crippen LogP contribution in [-0.4, -0.2) is 16.4 Å². The molecule has 0 bridgehead atoms. The third-order valence-corrected chi connectivity index (χ3v) is 4.62. The molecule has 0 unspecified atom stereocenters. The summed E-state index contributed by atoms with van der Waals surface area (Å²) in [7, 11) is 0. The maximum atomic E-state index is 10.7. The number of hydrogen-bond donors (Lipinski definition) is 0. The van der Waals surface area contributed by atoms with E-state index in [4.69, 9.17) is 0 Å². The van der Waals surface area contributed by atoms with E-state index in [1.54, 1.807) is 12.1 Å². The summed E-state index contributed by atoms with van der Waals surface area (Å²) in [6.45, 7) is 4.20. The Kier molecular flexibility index (Phi) is 5.69. The molecule has 1 aromatic rings. The monoisotopic (exact) mass is 257 g/mol. The molecule has 0 amide bonds. The number of rotatable bonds is 6. The van der Waals surface area contributed by atoms with Gasteiger partial charge in [-0.05, 0) is 17.1 Å². The highest BCUT2D eigenvalue weighted by molar-refractivity contribution is 8.16. The van der Waals surface area contributed by atoms with Gasteiger partial charge in [0.15, 0.2) is 0 Å². The van der Waals surface area contributed by atoms with Crippen LogP contribution in [0.3, 0.4) is 0 Å². The Hall–Kier alpha value is -0.680. The van der Waals surface area contributed by atoms with E-state index >= 15 is 0 Å². The summed E-state index contributed by atoms with van der Waals surface area (Å²) in [6.07, 6.45) is 0. The quantitative estimate of drug-likeness (QED) is 0.437. The van der Waals surface area contributed by atoms with Crippen LogP contribution < -0.4 is 0 Å². The van der Waals surface area contributed by atoms with E-state index in [0.717, 1.165) is 17.1 Å². The lowest BCUT2D eigenvalue weighted by atomic mass is 10.2. The lowest BCUT2D eigenvalue weighted by molar-refractivity contribution is -0.384. The molecule has 5 heteroatoms. The summed E-state index contributed by atoms with van der Waals surface area (Å²) in [6, 6.07) is 6.93. The van der Waals surface area contributed by atoms with Crippen molar-refractivity contribution < 1.29 is 4.92 Å². The predicted molar refractivity (Wildman–Crippen MR) is 72.1 cm³/mol. The molecule has 0 radical (unpaired) electrons. The number of non-ortho nitro benzene ring substituents is 1. The first-order chi connectivity index (χ1) is 7.69. The topological polar surface area (TPSA) is 43.1 Å². The first-order valence-corrected chi connectivity index (χ1v) is 7.26. The smallest absolute Gasteiger partial charge is 0.258 e. The molecule has 0 heterocycles. The molecule has 88 valence electrons. The maximum Gasteiger partial charge on any atom is 0.269 e. The van der Waals surface area contributed by atoms with Crippen molar-refractivity contribution in [1.29, 1.82) is 0 Å². The van der Waals surface area contributed by atoms with E-state index in [2.05, 4.69) is 13.8 Å². The molecule has 1 aromatic carbocycles. The third kappa shape index (κ3) is 3.72. The minimum atomic E-state index is -0.339. The molecule has 0 fully saturated rings. The van der Waals surface area contributed by atoms with Crippen molar-refractivity contribution in [3.8, 4) is 0 Å². The van der Waals surface area contributed by atoms with E-state index in [0.29, 0.717) is 4.58 Å². The van der Waals surface area contributed by atoms with Crippen molar-refractivity contribution in [2.45, 2.75) is 18.4 Å². The van der Waals surface area contributed by atoms with Gasteiger partial charge in [-0.2, -0.15) is 0 Å². The molecule has 0 aliphatic heterocycles. The minimum Gasteiger partial charge on any atom is -0.258 e. The van der Waals surface area contributed by atoms with E-state index < -0.39 is 0 Å². The van der Waals surface area contributed by atoms with Crippen LogP contribution in [0.2, 0.25) is 0 Å². The van der Waals surface area contributed by atoms with E-state index in [-0.39, 0.29) is 10.6 Å². The van der Waals surface area contributed by atoms with Crippen molar-refractivity contribution in [3.05, 3.63) is 39.9 Å². The Morgan fingerprint density at radius 2 is 1.94 bits per heavy atom. The van der Waals surface area contributed by atoms with Crippen molar-refractivity contribution in [2.75, 3.05) is 11.5 Å². The van der Waals surface area contributed by atoms with Gasteiger partial charge in [0.05, 0.1) is 9.51 Å². The van der Waals surface area contributed by atoms with Crippen LogP contribution in [-0.2, 0) is 0 Å². The Balaban J connectivity index is 2.90. The zero-order chi connectivity index (χ0) is 12.0. The van der Waals surface area contributed by atoms with Crippen LogP contribution >= 0.6 is 23.5 Å². The van der Waals surface area contributed by atoms with Gasteiger partial charge in [0.1, 0.15) is 0 Å². The Labute approximate surface area is 104 Å². The molecule has 0 aliphatic rings. The SMILES string of the molecule is CCSC(SCC)c1cccc([N+](=O)[O-])c1. The minimum absolute atomic E-state index is 0.177. The first-order valence-electron chi connectivity index (χ1n) is 5.16. The molecular weight excluding hydrogens is 242 g/mol. The Morgan fingerprint density at radius 1 is 1.31 bits per heavy atom. The van der Waals surface area contributed by atoms with Gasteiger partial charge in [-0.25, -0.2) is 0 Å². The fourth-order valence-corrected chi connectivity index (χ4v) is 3.81. The standard InChI is InChI=1S/C11H15NO2S2/c1-3-15-11(16-4-2)9-6-5-7-10(8-9)12(13)14/h5-8,11H,3-4H2,1-2H3. The number of thioether (sulfide) groups is 2. The Bertz CT molecular complexity index is 352. The van der Waals surface area contributed by atoms with Crippen molar-refractivity contribution in [1.82, 2.24) is 0 Å². The van der Waals surface area contributed by atoms with Crippen LogP contribution in [0.5, 0.6) is 0 Å². The fraction of sp³-hybridized carbons (Fsp3) is 0.455. The zero-order valence-corrected chi connectivity index (χ0v) is 11.0. The van der Waals surface area contributed by atoms with E-state index in [1.807, 2.05) is 29.6 Å². The van der Waals surface area contributed by atoms with Crippen molar-refractivity contribution >= 4 is 29.2 Å². The van der Waals surface area contributed by atoms with Gasteiger partial charge in [-0.3, -0.25) is 10.1 Å². The average Bonchev–Trinajstić information content (AvgIpc) is 2.29. The summed E-state index contributed by atoms with van der Waals surface area (Å²) < 4.78 is 0.301. The second-order valence-electron chi connectivity index (χ2n) is 3.09. The molecule has 0 spiro atoms. The average molecular weight is 257 g/mol. The van der Waals surface area contributed by atoms with Gasteiger partial charge < -0.3 is 0 Å². The van der Waals surface area contributed by atoms with Gasteiger partial charge in [-0.1, -0.05) is 26.0 Å². The number of nitro groups is 1. The molecule has 0 atom stereocenters. The van der Waals surface area contributed by atoms with Crippen LogP contribution in [0.25, 0.3) is 0 Å². The van der Waals surface area contributed by atoms with Gasteiger partial charge in [0.25, 0.3) is 5.69 Å². The second kappa shape index (κ2) is 6.81. The van der Waals surface area contributed by atoms with Crippen LogP contribution in [0.1, 0.15) is 24.0 Å². The lowest BCUT2D eigenvalue weighted by Crippen LogP contribution is -1.94. The predicted octanol–water partition coefficient (Wildman–Crippen LogP) is 4.10. The molecule has 0 saturated heterocycles. The molecule has 3 nitrogen and oxygen atoms in total. The Morgan fingerprint density at radius 3 is 2.44 bits per heavy atom. The van der Waals surface area contributed by atoms with Gasteiger partial charge in [-0.15, -0.1) is 23.5 Å². The van der Waals surface area contributed by atoms with Crippen LogP contribution in [0.4, 0.5) is 5.69 Å². The number of nitrogens with zero attached hydrogens (tertiary/aromatic N) is 1. The summed E-state index contributed by atoms with van der Waals surface area (Å²) in [4.78, 5) is 10.3. The highest BCUT2D eigenvalue weighted by Gasteiger charge is 2.14. The second-order valence-corrected chi connectivity index (χ2v) is 6.16. The lowest BCUT2D eigenvalue weighted by Gasteiger charge is -2.14. The van der Waals surface area contributed by atoms with Gasteiger partial charge >= 0.3 is 0 Å². The summed E-state index contributed by atoms with van der Waals surface area (Å²) in [5, 5.41) is 10.7. The van der Waals surface area contributed by atoms with Crippen LogP contribution in [0.15, 0.2) is 24.3 Å². The molecule has 0 aromatic heterocycles. The highest BCUT2D eigenvalue weighted by atomic mass is 32.2. The highest BCUT2D eigenvalue weighted by Crippen LogP contribution is 2.39. The zero-order valence-electron chi connectivity index (χ0n) is 9.38. The molecule has 0 N–H and O–H groups in total. The summed E-state index contributed by atoms with van der Waals surface area (Å²) in [5.74, 6) is 2.03. The summed E-state index contributed by atoms with van der Waals surface area (Å²) in [5.41, 5.74) is 1.21. The third-order valence-electron chi connectivity index (χ3n) is 1.99.